The van der Waals surface area contributed by atoms with Crippen molar-refractivity contribution in [2.75, 3.05) is 0 Å². The van der Waals surface area contributed by atoms with Gasteiger partial charge in [-0.3, -0.25) is 4.79 Å². The number of nitrogens with zero attached hydrogens (tertiary/aromatic N) is 1. The van der Waals surface area contributed by atoms with Crippen LogP contribution in [0.2, 0.25) is 0 Å². The van der Waals surface area contributed by atoms with Crippen LogP contribution in [0.1, 0.15) is 20.8 Å². The third-order valence-electron chi connectivity index (χ3n) is 1.63. The van der Waals surface area contributed by atoms with Gasteiger partial charge >= 0.3 is 0 Å². The van der Waals surface area contributed by atoms with E-state index in [1.807, 2.05) is 26.8 Å². The van der Waals surface area contributed by atoms with Crippen LogP contribution in [0.15, 0.2) is 28.0 Å². The molecule has 1 heterocycles. The summed E-state index contributed by atoms with van der Waals surface area (Å²) < 4.78 is 1.69. The normalized spacial score (nSPS) is 11.7. The van der Waals surface area contributed by atoms with E-state index in [4.69, 9.17) is 0 Å². The predicted octanol–water partition coefficient (Wildman–Crippen LogP) is 1.89. The molecular weight excluding hydrogens is 170 g/mol. The summed E-state index contributed by atoms with van der Waals surface area (Å²) in [5, 5.41) is 0. The minimum Gasteiger partial charge on any atom is -0.310 e. The molecule has 0 bridgehead atoms. The van der Waals surface area contributed by atoms with E-state index in [-0.39, 0.29) is 11.1 Å². The first kappa shape index (κ1) is 9.39. The maximum atomic E-state index is 11.4. The molecule has 0 atom stereocenters. The maximum absolute atomic E-state index is 11.4. The van der Waals surface area contributed by atoms with Crippen molar-refractivity contribution in [3.05, 3.63) is 28.7 Å². The average Bonchev–Trinajstić information content (AvgIpc) is 1.83. The van der Waals surface area contributed by atoms with E-state index in [1.54, 1.807) is 10.8 Å². The number of hydrogen-bond donors (Lipinski definition) is 1. The van der Waals surface area contributed by atoms with Crippen molar-refractivity contribution in [2.24, 2.45) is 0 Å². The topological polar surface area (TPSA) is 22.0 Å². The van der Waals surface area contributed by atoms with Gasteiger partial charge in [-0.1, -0.05) is 0 Å². The molecule has 0 saturated heterocycles. The van der Waals surface area contributed by atoms with Crippen molar-refractivity contribution in [2.45, 2.75) is 31.2 Å². The summed E-state index contributed by atoms with van der Waals surface area (Å²) in [7, 11) is 0. The highest BCUT2D eigenvalue weighted by Gasteiger charge is 2.13. The third-order valence-corrected chi connectivity index (χ3v) is 1.90. The van der Waals surface area contributed by atoms with Crippen LogP contribution in [0.5, 0.6) is 0 Å². The van der Waals surface area contributed by atoms with Gasteiger partial charge in [-0.25, -0.2) is 0 Å². The largest absolute Gasteiger partial charge is 0.310 e. The average molecular weight is 183 g/mol. The monoisotopic (exact) mass is 183 g/mol. The lowest BCUT2D eigenvalue weighted by molar-refractivity contribution is 0.383. The Morgan fingerprint density at radius 1 is 1.42 bits per heavy atom. The van der Waals surface area contributed by atoms with Crippen molar-refractivity contribution in [1.29, 1.82) is 0 Å². The Bertz CT molecular complexity index is 335. The second-order valence-electron chi connectivity index (χ2n) is 3.76. The van der Waals surface area contributed by atoms with Crippen LogP contribution in [-0.2, 0) is 5.54 Å². The molecule has 0 radical (unpaired) electrons. The van der Waals surface area contributed by atoms with Gasteiger partial charge < -0.3 is 4.57 Å². The quantitative estimate of drug-likeness (QED) is 0.610. The Kier molecular flexibility index (Phi) is 2.33. The molecule has 0 unspecified atom stereocenters. The number of hydrogen-bond acceptors (Lipinski definition) is 2. The van der Waals surface area contributed by atoms with E-state index in [2.05, 4.69) is 12.6 Å². The first-order valence-electron chi connectivity index (χ1n) is 3.83. The molecule has 0 aliphatic rings. The van der Waals surface area contributed by atoms with Gasteiger partial charge in [0, 0.05) is 22.7 Å². The lowest BCUT2D eigenvalue weighted by Crippen LogP contribution is -2.32. The van der Waals surface area contributed by atoms with E-state index in [1.165, 1.54) is 6.07 Å². The molecule has 0 saturated carbocycles. The van der Waals surface area contributed by atoms with E-state index >= 15 is 0 Å². The van der Waals surface area contributed by atoms with Gasteiger partial charge in [0.05, 0.1) is 0 Å². The smallest absolute Gasteiger partial charge is 0.252 e. The minimum absolute atomic E-state index is 0.00463. The molecule has 1 aromatic rings. The van der Waals surface area contributed by atoms with Crippen LogP contribution in [0.4, 0.5) is 0 Å². The number of aromatic nitrogens is 1. The van der Waals surface area contributed by atoms with Gasteiger partial charge in [0.2, 0.25) is 0 Å². The van der Waals surface area contributed by atoms with Crippen molar-refractivity contribution >= 4 is 12.6 Å². The lowest BCUT2D eigenvalue weighted by atomic mass is 10.1. The second-order valence-corrected chi connectivity index (χ2v) is 4.28. The summed E-state index contributed by atoms with van der Waals surface area (Å²) in [6.07, 6.45) is 1.77. The molecule has 3 heteroatoms. The van der Waals surface area contributed by atoms with E-state index in [0.717, 1.165) is 0 Å². The molecule has 1 rings (SSSR count). The summed E-state index contributed by atoms with van der Waals surface area (Å²) >= 11 is 4.08. The van der Waals surface area contributed by atoms with E-state index < -0.39 is 0 Å². The second kappa shape index (κ2) is 2.98. The van der Waals surface area contributed by atoms with Crippen molar-refractivity contribution in [3.63, 3.8) is 0 Å². The fourth-order valence-corrected chi connectivity index (χ4v) is 1.20. The molecule has 12 heavy (non-hydrogen) atoms. The van der Waals surface area contributed by atoms with E-state index in [0.29, 0.717) is 4.90 Å². The zero-order valence-electron chi connectivity index (χ0n) is 7.53. The number of rotatable bonds is 0. The first-order valence-corrected chi connectivity index (χ1v) is 4.28. The highest BCUT2D eigenvalue weighted by atomic mass is 32.1. The van der Waals surface area contributed by atoms with Crippen LogP contribution < -0.4 is 5.56 Å². The number of thiol groups is 1. The Morgan fingerprint density at radius 3 is 2.42 bits per heavy atom. The molecule has 2 nitrogen and oxygen atoms in total. The minimum atomic E-state index is -0.154. The third kappa shape index (κ3) is 1.91. The van der Waals surface area contributed by atoms with Gasteiger partial charge in [0.15, 0.2) is 0 Å². The standard InChI is InChI=1S/C9H13NOS/c1-9(2,3)10-5-4-7(12)6-8(10)11/h4-6,12H,1-3H3. The Balaban J connectivity index is 3.29. The summed E-state index contributed by atoms with van der Waals surface area (Å²) in [4.78, 5) is 12.1. The van der Waals surface area contributed by atoms with Gasteiger partial charge in [-0.05, 0) is 26.8 Å². The summed E-state index contributed by atoms with van der Waals surface area (Å²) in [6.45, 7) is 5.98. The van der Waals surface area contributed by atoms with Gasteiger partial charge in [-0.2, -0.15) is 0 Å². The fourth-order valence-electron chi connectivity index (χ4n) is 1.02. The molecule has 0 fully saturated rings. The first-order chi connectivity index (χ1) is 5.41. The van der Waals surface area contributed by atoms with Gasteiger partial charge in [-0.15, -0.1) is 12.6 Å². The molecule has 66 valence electrons. The molecule has 0 aliphatic heterocycles. The van der Waals surface area contributed by atoms with Crippen LogP contribution in [0, 0.1) is 0 Å². The van der Waals surface area contributed by atoms with E-state index in [9.17, 15) is 4.79 Å². The summed E-state index contributed by atoms with van der Waals surface area (Å²) in [5.74, 6) is 0. The highest BCUT2D eigenvalue weighted by molar-refractivity contribution is 7.80. The zero-order chi connectivity index (χ0) is 9.35. The van der Waals surface area contributed by atoms with Crippen LogP contribution in [-0.4, -0.2) is 4.57 Å². The fraction of sp³-hybridized carbons (Fsp3) is 0.444. The Labute approximate surface area is 77.6 Å². The van der Waals surface area contributed by atoms with Crippen LogP contribution in [0.25, 0.3) is 0 Å². The van der Waals surface area contributed by atoms with Crippen LogP contribution in [0.3, 0.4) is 0 Å². The van der Waals surface area contributed by atoms with Crippen molar-refractivity contribution in [1.82, 2.24) is 4.57 Å². The Morgan fingerprint density at radius 2 is 2.00 bits per heavy atom. The highest BCUT2D eigenvalue weighted by Crippen LogP contribution is 2.11. The summed E-state index contributed by atoms with van der Waals surface area (Å²) in [6, 6.07) is 3.34. The zero-order valence-corrected chi connectivity index (χ0v) is 8.43. The predicted molar refractivity (Wildman–Crippen MR) is 53.0 cm³/mol. The summed E-state index contributed by atoms with van der Waals surface area (Å²) in [5.41, 5.74) is -0.159. The lowest BCUT2D eigenvalue weighted by Gasteiger charge is -2.21. The van der Waals surface area contributed by atoms with Crippen molar-refractivity contribution < 1.29 is 0 Å². The maximum Gasteiger partial charge on any atom is 0.252 e. The number of pyridine rings is 1. The molecule has 0 spiro atoms. The molecule has 1 aromatic heterocycles. The van der Waals surface area contributed by atoms with Crippen LogP contribution >= 0.6 is 12.6 Å². The van der Waals surface area contributed by atoms with Gasteiger partial charge in [0.25, 0.3) is 5.56 Å². The molecule has 0 N–H and O–H groups in total. The molecule has 0 amide bonds. The van der Waals surface area contributed by atoms with Gasteiger partial charge in [0.1, 0.15) is 0 Å². The SMILES string of the molecule is CC(C)(C)n1ccc(S)cc1=O. The molecule has 0 aliphatic carbocycles. The van der Waals surface area contributed by atoms with Crippen molar-refractivity contribution in [3.8, 4) is 0 Å². The molecule has 0 aromatic carbocycles. The molecular formula is C9H13NOS. The Hall–Kier alpha value is -0.700.